The molecular formula is C20H40O4Si. The number of hydrogen-bond acceptors (Lipinski definition) is 4. The molecule has 1 aliphatic heterocycles. The van der Waals surface area contributed by atoms with Crippen molar-refractivity contribution in [3.63, 3.8) is 0 Å². The van der Waals surface area contributed by atoms with Gasteiger partial charge in [-0.3, -0.25) is 4.79 Å². The summed E-state index contributed by atoms with van der Waals surface area (Å²) in [7, 11) is 0.0701. The molecule has 1 unspecified atom stereocenters. The molecule has 0 spiro atoms. The van der Waals surface area contributed by atoms with Gasteiger partial charge in [0.05, 0.1) is 6.61 Å². The van der Waals surface area contributed by atoms with Crippen LogP contribution < -0.4 is 0 Å². The lowest BCUT2D eigenvalue weighted by molar-refractivity contribution is -0.246. The van der Waals surface area contributed by atoms with Crippen molar-refractivity contribution in [2.75, 3.05) is 20.3 Å². The molecule has 0 aromatic heterocycles. The van der Waals surface area contributed by atoms with E-state index in [1.807, 2.05) is 0 Å². The first-order valence-electron chi connectivity index (χ1n) is 9.97. The predicted molar refractivity (Wildman–Crippen MR) is 105 cm³/mol. The summed E-state index contributed by atoms with van der Waals surface area (Å²) in [6.07, 6.45) is 8.10. The number of hydrogen-bond donors (Lipinski definition) is 0. The largest absolute Gasteiger partial charge is 0.417 e. The van der Waals surface area contributed by atoms with Gasteiger partial charge < -0.3 is 13.9 Å². The van der Waals surface area contributed by atoms with Crippen LogP contribution >= 0.6 is 0 Å². The normalized spacial score (nSPS) is 22.2. The molecule has 0 bridgehead atoms. The minimum Gasteiger partial charge on any atom is -0.417 e. The zero-order chi connectivity index (χ0) is 19.0. The van der Waals surface area contributed by atoms with Gasteiger partial charge in [-0.1, -0.05) is 20.8 Å². The Kier molecular flexibility index (Phi) is 9.30. The van der Waals surface area contributed by atoms with Crippen molar-refractivity contribution >= 4 is 14.1 Å². The summed E-state index contributed by atoms with van der Waals surface area (Å²) in [6.45, 7) is 12.9. The van der Waals surface area contributed by atoms with E-state index >= 15 is 0 Å². The van der Waals surface area contributed by atoms with Gasteiger partial charge in [0.25, 0.3) is 0 Å². The van der Waals surface area contributed by atoms with E-state index in [4.69, 9.17) is 13.9 Å². The summed E-state index contributed by atoms with van der Waals surface area (Å²) >= 11 is 0. The standard InChI is InChI=1S/C20H40O4Si/c1-19(2,3)25(5,6)24-17-9-7-12-18(21)13-11-15-20(22-4)14-8-10-16-23-20/h7-17H2,1-6H3. The molecule has 1 rings (SSSR count). The maximum absolute atomic E-state index is 12.1. The highest BCUT2D eigenvalue weighted by Gasteiger charge is 2.36. The molecule has 4 nitrogen and oxygen atoms in total. The van der Waals surface area contributed by atoms with Crippen molar-refractivity contribution in [2.24, 2.45) is 0 Å². The fourth-order valence-corrected chi connectivity index (χ4v) is 4.02. The van der Waals surface area contributed by atoms with Gasteiger partial charge in [-0.2, -0.15) is 0 Å². The molecule has 0 radical (unpaired) electrons. The lowest BCUT2D eigenvalue weighted by atomic mass is 9.98. The molecule has 0 aromatic carbocycles. The fraction of sp³-hybridized carbons (Fsp3) is 0.950. The van der Waals surface area contributed by atoms with Crippen molar-refractivity contribution in [3.05, 3.63) is 0 Å². The number of carbonyl (C=O) groups is 1. The summed E-state index contributed by atoms with van der Waals surface area (Å²) in [6, 6.07) is 0. The van der Waals surface area contributed by atoms with Gasteiger partial charge in [-0.15, -0.1) is 0 Å². The number of carbonyl (C=O) groups excluding carboxylic acids is 1. The lowest BCUT2D eigenvalue weighted by Gasteiger charge is -2.36. The third kappa shape index (κ3) is 7.89. The molecule has 0 aromatic rings. The molecule has 0 amide bonds. The van der Waals surface area contributed by atoms with Gasteiger partial charge in [0, 0.05) is 39.4 Å². The Bertz CT molecular complexity index is 395. The lowest BCUT2D eigenvalue weighted by Crippen LogP contribution is -2.40. The molecule has 5 heteroatoms. The average molecular weight is 373 g/mol. The topological polar surface area (TPSA) is 44.8 Å². The highest BCUT2D eigenvalue weighted by atomic mass is 28.4. The smallest absolute Gasteiger partial charge is 0.191 e. The first kappa shape index (κ1) is 22.8. The Morgan fingerprint density at radius 3 is 2.36 bits per heavy atom. The van der Waals surface area contributed by atoms with Crippen LogP contribution in [0.2, 0.25) is 18.1 Å². The van der Waals surface area contributed by atoms with Crippen LogP contribution in [-0.2, 0) is 18.7 Å². The van der Waals surface area contributed by atoms with Gasteiger partial charge in [0.1, 0.15) is 5.78 Å². The van der Waals surface area contributed by atoms with Crippen LogP contribution in [0.5, 0.6) is 0 Å². The zero-order valence-electron chi connectivity index (χ0n) is 17.4. The highest BCUT2D eigenvalue weighted by molar-refractivity contribution is 6.74. The minimum absolute atomic E-state index is 0.251. The Morgan fingerprint density at radius 2 is 1.80 bits per heavy atom. The summed E-state index contributed by atoms with van der Waals surface area (Å²) in [5.74, 6) is -0.0791. The van der Waals surface area contributed by atoms with Crippen molar-refractivity contribution in [1.29, 1.82) is 0 Å². The van der Waals surface area contributed by atoms with E-state index in [0.717, 1.165) is 58.2 Å². The maximum Gasteiger partial charge on any atom is 0.191 e. The van der Waals surface area contributed by atoms with Crippen molar-refractivity contribution in [1.82, 2.24) is 0 Å². The van der Waals surface area contributed by atoms with E-state index in [-0.39, 0.29) is 5.04 Å². The van der Waals surface area contributed by atoms with Crippen LogP contribution in [0.15, 0.2) is 0 Å². The number of Topliss-reactive ketones (excluding diaryl/α,β-unsaturated/α-hetero) is 1. The quantitative estimate of drug-likeness (QED) is 0.357. The first-order valence-corrected chi connectivity index (χ1v) is 12.9. The van der Waals surface area contributed by atoms with E-state index in [1.165, 1.54) is 0 Å². The summed E-state index contributed by atoms with van der Waals surface area (Å²) in [5, 5.41) is 0.251. The molecule has 1 fully saturated rings. The Labute approximate surface area is 156 Å². The SMILES string of the molecule is COC1(CCCC(=O)CCCCO[Si](C)(C)C(C)(C)C)CCCCO1. The Morgan fingerprint density at radius 1 is 1.12 bits per heavy atom. The Hall–Kier alpha value is -0.233. The van der Waals surface area contributed by atoms with Gasteiger partial charge >= 0.3 is 0 Å². The molecular weight excluding hydrogens is 332 g/mol. The molecule has 0 N–H and O–H groups in total. The van der Waals surface area contributed by atoms with E-state index in [2.05, 4.69) is 33.9 Å². The second-order valence-corrected chi connectivity index (χ2v) is 13.7. The van der Waals surface area contributed by atoms with Crippen molar-refractivity contribution in [3.8, 4) is 0 Å². The van der Waals surface area contributed by atoms with E-state index < -0.39 is 14.1 Å². The second-order valence-electron chi connectivity index (χ2n) is 8.88. The first-order chi connectivity index (χ1) is 11.6. The van der Waals surface area contributed by atoms with E-state index in [1.54, 1.807) is 7.11 Å². The van der Waals surface area contributed by atoms with Crippen LogP contribution in [0.1, 0.15) is 78.6 Å². The molecule has 1 atom stereocenters. The van der Waals surface area contributed by atoms with Gasteiger partial charge in [-0.25, -0.2) is 0 Å². The van der Waals surface area contributed by atoms with Crippen LogP contribution in [0.4, 0.5) is 0 Å². The van der Waals surface area contributed by atoms with E-state index in [9.17, 15) is 4.79 Å². The molecule has 148 valence electrons. The molecule has 25 heavy (non-hydrogen) atoms. The monoisotopic (exact) mass is 372 g/mol. The number of ether oxygens (including phenoxy) is 2. The highest BCUT2D eigenvalue weighted by Crippen LogP contribution is 2.36. The number of rotatable bonds is 11. The molecule has 1 aliphatic rings. The van der Waals surface area contributed by atoms with Gasteiger partial charge in [0.2, 0.25) is 0 Å². The molecule has 1 saturated heterocycles. The van der Waals surface area contributed by atoms with Crippen LogP contribution in [0.3, 0.4) is 0 Å². The van der Waals surface area contributed by atoms with Gasteiger partial charge in [0.15, 0.2) is 14.1 Å². The maximum atomic E-state index is 12.1. The number of ketones is 1. The Balaban J connectivity index is 2.13. The molecule has 1 heterocycles. The van der Waals surface area contributed by atoms with Gasteiger partial charge in [-0.05, 0) is 50.2 Å². The molecule has 0 saturated carbocycles. The summed E-state index contributed by atoms with van der Waals surface area (Å²) < 4.78 is 17.6. The average Bonchev–Trinajstić information content (AvgIpc) is 2.54. The predicted octanol–water partition coefficient (Wildman–Crippen LogP) is 5.46. The van der Waals surface area contributed by atoms with Crippen molar-refractivity contribution < 1.29 is 18.7 Å². The van der Waals surface area contributed by atoms with Crippen molar-refractivity contribution in [2.45, 2.75) is 102 Å². The van der Waals surface area contributed by atoms with Crippen LogP contribution in [0, 0.1) is 0 Å². The second kappa shape index (κ2) is 10.2. The fourth-order valence-electron chi connectivity index (χ4n) is 2.93. The van der Waals surface area contributed by atoms with E-state index in [0.29, 0.717) is 18.6 Å². The third-order valence-corrected chi connectivity index (χ3v) is 10.4. The van der Waals surface area contributed by atoms with Crippen LogP contribution in [0.25, 0.3) is 0 Å². The minimum atomic E-state index is -1.65. The van der Waals surface area contributed by atoms with Crippen LogP contribution in [-0.4, -0.2) is 40.2 Å². The number of methoxy groups -OCH3 is 1. The summed E-state index contributed by atoms with van der Waals surface area (Å²) in [5.41, 5.74) is 0. The zero-order valence-corrected chi connectivity index (χ0v) is 18.4. The summed E-state index contributed by atoms with van der Waals surface area (Å²) in [4.78, 5) is 12.1. The molecule has 0 aliphatic carbocycles. The third-order valence-electron chi connectivity index (χ3n) is 5.82. The number of unbranched alkanes of at least 4 members (excludes halogenated alkanes) is 1.